The van der Waals surface area contributed by atoms with Crippen LogP contribution >= 0.6 is 0 Å². The zero-order valence-corrected chi connectivity index (χ0v) is 16.3. The van der Waals surface area contributed by atoms with E-state index in [-0.39, 0.29) is 31.1 Å². The molecule has 0 N–H and O–H groups in total. The van der Waals surface area contributed by atoms with Crippen molar-refractivity contribution in [3.05, 3.63) is 24.3 Å². The van der Waals surface area contributed by atoms with Crippen LogP contribution in [0.5, 0.6) is 11.5 Å². The van der Waals surface area contributed by atoms with E-state index in [2.05, 4.69) is 0 Å². The van der Waals surface area contributed by atoms with Crippen molar-refractivity contribution in [1.29, 1.82) is 0 Å². The molecular formula is C20H29NO6. The number of benzene rings is 1. The maximum absolute atomic E-state index is 12.7. The Morgan fingerprint density at radius 3 is 2.44 bits per heavy atom. The lowest BCUT2D eigenvalue weighted by Crippen LogP contribution is -2.43. The molecule has 2 atom stereocenters. The van der Waals surface area contributed by atoms with E-state index >= 15 is 0 Å². The Morgan fingerprint density at radius 2 is 1.89 bits per heavy atom. The molecule has 1 aliphatic heterocycles. The third-order valence-corrected chi connectivity index (χ3v) is 4.40. The van der Waals surface area contributed by atoms with Gasteiger partial charge in [-0.15, -0.1) is 0 Å². The van der Waals surface area contributed by atoms with Crippen molar-refractivity contribution in [3.63, 3.8) is 0 Å². The maximum atomic E-state index is 12.7. The quantitative estimate of drug-likeness (QED) is 0.581. The van der Waals surface area contributed by atoms with Crippen molar-refractivity contribution < 1.29 is 28.5 Å². The third kappa shape index (κ3) is 6.75. The molecule has 1 aromatic carbocycles. The first-order chi connectivity index (χ1) is 13.0. The highest BCUT2D eigenvalue weighted by Gasteiger charge is 2.26. The van der Waals surface area contributed by atoms with Gasteiger partial charge in [-0.05, 0) is 44.0 Å². The normalized spacial score (nSPS) is 17.2. The van der Waals surface area contributed by atoms with E-state index in [1.54, 1.807) is 36.1 Å². The zero-order valence-electron chi connectivity index (χ0n) is 16.3. The first-order valence-corrected chi connectivity index (χ1v) is 9.36. The van der Waals surface area contributed by atoms with E-state index in [4.69, 9.17) is 18.9 Å². The summed E-state index contributed by atoms with van der Waals surface area (Å²) >= 11 is 0. The molecule has 0 spiro atoms. The van der Waals surface area contributed by atoms with Gasteiger partial charge in [0.2, 0.25) is 0 Å². The molecule has 1 aliphatic rings. The predicted molar refractivity (Wildman–Crippen MR) is 99.8 cm³/mol. The van der Waals surface area contributed by atoms with E-state index in [1.165, 1.54) is 7.11 Å². The maximum Gasteiger partial charge on any atom is 0.310 e. The Hall–Kier alpha value is -2.28. The number of ether oxygens (including phenoxy) is 4. The van der Waals surface area contributed by atoms with Gasteiger partial charge in [0.15, 0.2) is 6.61 Å². The SMILES string of the molecule is CCOc1ccc(OCC(=O)N(CC2CCCO2)CC(C)C(=O)OC)cc1. The fourth-order valence-corrected chi connectivity index (χ4v) is 2.95. The molecule has 1 saturated heterocycles. The van der Waals surface area contributed by atoms with Crippen LogP contribution in [0.15, 0.2) is 24.3 Å². The number of methoxy groups -OCH3 is 1. The summed E-state index contributed by atoms with van der Waals surface area (Å²) in [4.78, 5) is 26.1. The summed E-state index contributed by atoms with van der Waals surface area (Å²) in [7, 11) is 1.35. The average Bonchev–Trinajstić information content (AvgIpc) is 3.19. The highest BCUT2D eigenvalue weighted by atomic mass is 16.5. The van der Waals surface area contributed by atoms with Crippen LogP contribution in [0.2, 0.25) is 0 Å². The van der Waals surface area contributed by atoms with E-state index in [1.807, 2.05) is 6.92 Å². The van der Waals surface area contributed by atoms with Crippen LogP contribution in [-0.2, 0) is 19.1 Å². The lowest BCUT2D eigenvalue weighted by atomic mass is 10.1. The molecule has 2 unspecified atom stereocenters. The van der Waals surface area contributed by atoms with Gasteiger partial charge in [0.1, 0.15) is 11.5 Å². The zero-order chi connectivity index (χ0) is 19.6. The van der Waals surface area contributed by atoms with Gasteiger partial charge in [-0.25, -0.2) is 0 Å². The molecule has 1 aromatic rings. The molecule has 7 nitrogen and oxygen atoms in total. The standard InChI is InChI=1S/C20H29NO6/c1-4-25-16-7-9-17(10-8-16)27-14-19(22)21(12-15(2)20(23)24-3)13-18-6-5-11-26-18/h7-10,15,18H,4-6,11-14H2,1-3H3. The second-order valence-corrected chi connectivity index (χ2v) is 6.55. The van der Waals surface area contributed by atoms with Gasteiger partial charge in [-0.1, -0.05) is 6.92 Å². The Labute approximate surface area is 160 Å². The molecule has 2 rings (SSSR count). The number of carbonyl (C=O) groups is 2. The number of hydrogen-bond donors (Lipinski definition) is 0. The molecule has 0 aromatic heterocycles. The summed E-state index contributed by atoms with van der Waals surface area (Å²) in [5, 5.41) is 0. The number of carbonyl (C=O) groups excluding carboxylic acids is 2. The monoisotopic (exact) mass is 379 g/mol. The molecule has 0 saturated carbocycles. The molecule has 0 radical (unpaired) electrons. The van der Waals surface area contributed by atoms with E-state index in [0.717, 1.165) is 18.6 Å². The van der Waals surface area contributed by atoms with Gasteiger partial charge in [0.25, 0.3) is 5.91 Å². The summed E-state index contributed by atoms with van der Waals surface area (Å²) in [6.45, 7) is 5.59. The minimum absolute atomic E-state index is 0.00396. The largest absolute Gasteiger partial charge is 0.494 e. The minimum atomic E-state index is -0.411. The predicted octanol–water partition coefficient (Wildman–Crippen LogP) is 2.28. The van der Waals surface area contributed by atoms with Crippen LogP contribution in [0.3, 0.4) is 0 Å². The van der Waals surface area contributed by atoms with E-state index in [9.17, 15) is 9.59 Å². The van der Waals surface area contributed by atoms with E-state index < -0.39 is 5.92 Å². The second kappa shape index (κ2) is 10.8. The Bertz CT molecular complexity index is 597. The fourth-order valence-electron chi connectivity index (χ4n) is 2.95. The Morgan fingerprint density at radius 1 is 1.22 bits per heavy atom. The molecule has 27 heavy (non-hydrogen) atoms. The summed E-state index contributed by atoms with van der Waals surface area (Å²) in [6, 6.07) is 7.12. The number of nitrogens with zero attached hydrogens (tertiary/aromatic N) is 1. The van der Waals surface area contributed by atoms with Gasteiger partial charge >= 0.3 is 5.97 Å². The van der Waals surface area contributed by atoms with Crippen LogP contribution in [0.4, 0.5) is 0 Å². The molecule has 0 bridgehead atoms. The smallest absolute Gasteiger partial charge is 0.310 e. The van der Waals surface area contributed by atoms with Crippen LogP contribution < -0.4 is 9.47 Å². The molecule has 7 heteroatoms. The van der Waals surface area contributed by atoms with Crippen molar-refractivity contribution in [2.45, 2.75) is 32.8 Å². The third-order valence-electron chi connectivity index (χ3n) is 4.40. The van der Waals surface area contributed by atoms with E-state index in [0.29, 0.717) is 25.5 Å². The summed E-state index contributed by atoms with van der Waals surface area (Å²) in [5.74, 6) is 0.404. The van der Waals surface area contributed by atoms with Crippen molar-refractivity contribution in [2.75, 3.05) is 40.0 Å². The summed E-state index contributed by atoms with van der Waals surface area (Å²) in [6.07, 6.45) is 1.90. The molecule has 1 amide bonds. The van der Waals surface area contributed by atoms with Crippen molar-refractivity contribution in [3.8, 4) is 11.5 Å². The molecule has 1 fully saturated rings. The van der Waals surface area contributed by atoms with Crippen LogP contribution in [0.1, 0.15) is 26.7 Å². The Kier molecular flexibility index (Phi) is 8.39. The van der Waals surface area contributed by atoms with Crippen molar-refractivity contribution in [2.24, 2.45) is 5.92 Å². The lowest BCUT2D eigenvalue weighted by molar-refractivity contribution is -0.147. The fraction of sp³-hybridized carbons (Fsp3) is 0.600. The summed E-state index contributed by atoms with van der Waals surface area (Å²) in [5.41, 5.74) is 0. The van der Waals surface area contributed by atoms with Crippen molar-refractivity contribution in [1.82, 2.24) is 4.90 Å². The average molecular weight is 379 g/mol. The summed E-state index contributed by atoms with van der Waals surface area (Å²) < 4.78 is 21.4. The number of rotatable bonds is 10. The van der Waals surface area contributed by atoms with Crippen LogP contribution in [0, 0.1) is 5.92 Å². The van der Waals surface area contributed by atoms with Crippen LogP contribution in [0.25, 0.3) is 0 Å². The first kappa shape index (κ1) is 21.0. The molecule has 0 aliphatic carbocycles. The van der Waals surface area contributed by atoms with Gasteiger partial charge in [-0.3, -0.25) is 9.59 Å². The molecule has 150 valence electrons. The van der Waals surface area contributed by atoms with Gasteiger partial charge in [-0.2, -0.15) is 0 Å². The molecular weight excluding hydrogens is 350 g/mol. The van der Waals surface area contributed by atoms with Gasteiger partial charge in [0, 0.05) is 19.7 Å². The number of amides is 1. The Balaban J connectivity index is 1.93. The highest BCUT2D eigenvalue weighted by Crippen LogP contribution is 2.18. The van der Waals surface area contributed by atoms with Gasteiger partial charge in [0.05, 0.1) is 25.7 Å². The topological polar surface area (TPSA) is 74.3 Å². The van der Waals surface area contributed by atoms with Gasteiger partial charge < -0.3 is 23.8 Å². The highest BCUT2D eigenvalue weighted by molar-refractivity contribution is 5.79. The number of esters is 1. The van der Waals surface area contributed by atoms with Crippen LogP contribution in [-0.4, -0.2) is 62.9 Å². The first-order valence-electron chi connectivity index (χ1n) is 9.36. The second-order valence-electron chi connectivity index (χ2n) is 6.55. The number of hydrogen-bond acceptors (Lipinski definition) is 6. The van der Waals surface area contributed by atoms with Crippen molar-refractivity contribution >= 4 is 11.9 Å². The minimum Gasteiger partial charge on any atom is -0.494 e. The molecule has 1 heterocycles. The lowest BCUT2D eigenvalue weighted by Gasteiger charge is -2.27.